The first-order valence-electron chi connectivity index (χ1n) is 9.29. The third kappa shape index (κ3) is 2.98. The Hall–Kier alpha value is -3.03. The van der Waals surface area contributed by atoms with Gasteiger partial charge < -0.3 is 29.6 Å². The molecule has 1 saturated heterocycles. The van der Waals surface area contributed by atoms with Crippen molar-refractivity contribution in [3.05, 3.63) is 53.8 Å². The van der Waals surface area contributed by atoms with Crippen LogP contribution in [0.4, 0.5) is 5.69 Å². The summed E-state index contributed by atoms with van der Waals surface area (Å²) in [6.07, 6.45) is 1.32. The molecule has 2 aliphatic rings. The molecule has 3 aromatic rings. The van der Waals surface area contributed by atoms with Crippen LogP contribution in [0, 0.1) is 0 Å². The van der Waals surface area contributed by atoms with Crippen molar-refractivity contribution in [2.45, 2.75) is 18.4 Å². The van der Waals surface area contributed by atoms with Crippen LogP contribution in [0.5, 0.6) is 11.5 Å². The zero-order valence-electron chi connectivity index (χ0n) is 15.2. The van der Waals surface area contributed by atoms with Gasteiger partial charge in [0, 0.05) is 17.1 Å². The number of carbonyl (C=O) groups is 1. The van der Waals surface area contributed by atoms with Crippen molar-refractivity contribution < 1.29 is 23.8 Å². The van der Waals surface area contributed by atoms with Gasteiger partial charge in [0.25, 0.3) is 5.91 Å². The Bertz CT molecular complexity index is 1050. The Balaban J connectivity index is 1.39. The van der Waals surface area contributed by atoms with E-state index in [0.29, 0.717) is 35.6 Å². The average molecular weight is 380 g/mol. The maximum Gasteiger partial charge on any atom is 0.291 e. The maximum atomic E-state index is 12.6. The standard InChI is InChI=1S/C21H20N2O5/c24-20(23-15-2-4-17-18(11-15)27-12-26-17)19-10-13-9-14(1-3-16(13)28-19)21(25)5-7-22-8-6-21/h1-4,9-11,22,25H,5-8,12H2,(H,23,24). The number of anilines is 1. The lowest BCUT2D eigenvalue weighted by atomic mass is 9.85. The van der Waals surface area contributed by atoms with Gasteiger partial charge in [-0.3, -0.25) is 4.79 Å². The summed E-state index contributed by atoms with van der Waals surface area (Å²) in [7, 11) is 0. The molecule has 0 saturated carbocycles. The number of furan rings is 1. The Morgan fingerprint density at radius 2 is 1.86 bits per heavy atom. The first-order valence-corrected chi connectivity index (χ1v) is 9.29. The largest absolute Gasteiger partial charge is 0.454 e. The first kappa shape index (κ1) is 17.1. The molecule has 0 atom stereocenters. The molecule has 3 N–H and O–H groups in total. The van der Waals surface area contributed by atoms with E-state index in [9.17, 15) is 9.90 Å². The summed E-state index contributed by atoms with van der Waals surface area (Å²) in [6, 6.07) is 12.5. The van der Waals surface area contributed by atoms with Crippen LogP contribution in [0.1, 0.15) is 29.0 Å². The van der Waals surface area contributed by atoms with Crippen molar-refractivity contribution >= 4 is 22.6 Å². The van der Waals surface area contributed by atoms with E-state index in [2.05, 4.69) is 10.6 Å². The zero-order valence-corrected chi connectivity index (χ0v) is 15.2. The second kappa shape index (κ2) is 6.54. The highest BCUT2D eigenvalue weighted by atomic mass is 16.7. The molecule has 0 bridgehead atoms. The van der Waals surface area contributed by atoms with Crippen LogP contribution in [-0.4, -0.2) is 30.9 Å². The molecule has 28 heavy (non-hydrogen) atoms. The van der Waals surface area contributed by atoms with Crippen molar-refractivity contribution in [3.63, 3.8) is 0 Å². The van der Waals surface area contributed by atoms with Crippen LogP contribution in [0.2, 0.25) is 0 Å². The highest BCUT2D eigenvalue weighted by molar-refractivity contribution is 6.04. The number of piperidine rings is 1. The van der Waals surface area contributed by atoms with Gasteiger partial charge in [-0.05, 0) is 61.8 Å². The van der Waals surface area contributed by atoms with Crippen LogP contribution < -0.4 is 20.1 Å². The number of hydrogen-bond donors (Lipinski definition) is 3. The molecule has 2 aliphatic heterocycles. The van der Waals surface area contributed by atoms with Gasteiger partial charge in [-0.2, -0.15) is 0 Å². The highest BCUT2D eigenvalue weighted by Crippen LogP contribution is 2.35. The van der Waals surface area contributed by atoms with Crippen LogP contribution in [0.15, 0.2) is 46.9 Å². The maximum absolute atomic E-state index is 12.6. The quantitative estimate of drug-likeness (QED) is 0.647. The molecule has 144 valence electrons. The monoisotopic (exact) mass is 380 g/mol. The predicted octanol–water partition coefficient (Wildman–Crippen LogP) is 2.98. The fourth-order valence-corrected chi connectivity index (χ4v) is 3.74. The first-order chi connectivity index (χ1) is 13.6. The number of nitrogens with one attached hydrogen (secondary N) is 2. The molecule has 0 aliphatic carbocycles. The lowest BCUT2D eigenvalue weighted by Crippen LogP contribution is -2.39. The number of aliphatic hydroxyl groups is 1. The fraction of sp³-hybridized carbons (Fsp3) is 0.286. The van der Waals surface area contributed by atoms with E-state index in [1.165, 1.54) is 0 Å². The van der Waals surface area contributed by atoms with Crippen LogP contribution in [0.25, 0.3) is 11.0 Å². The summed E-state index contributed by atoms with van der Waals surface area (Å²) in [5.41, 5.74) is 1.22. The van der Waals surface area contributed by atoms with Crippen molar-refractivity contribution in [2.24, 2.45) is 0 Å². The minimum absolute atomic E-state index is 0.182. The number of rotatable bonds is 3. The third-order valence-corrected chi connectivity index (χ3v) is 5.34. The van der Waals surface area contributed by atoms with Gasteiger partial charge in [-0.1, -0.05) is 6.07 Å². The average Bonchev–Trinajstić information content (AvgIpc) is 3.34. The predicted molar refractivity (Wildman–Crippen MR) is 103 cm³/mol. The highest BCUT2D eigenvalue weighted by Gasteiger charge is 2.31. The van der Waals surface area contributed by atoms with Crippen LogP contribution >= 0.6 is 0 Å². The number of ether oxygens (including phenoxy) is 2. The molecule has 1 aromatic heterocycles. The topological polar surface area (TPSA) is 93.0 Å². The number of hydrogen-bond acceptors (Lipinski definition) is 6. The Morgan fingerprint density at radius 1 is 1.04 bits per heavy atom. The molecular formula is C21H20N2O5. The lowest BCUT2D eigenvalue weighted by Gasteiger charge is -2.33. The van der Waals surface area contributed by atoms with Gasteiger partial charge in [0.2, 0.25) is 6.79 Å². The minimum Gasteiger partial charge on any atom is -0.454 e. The number of amides is 1. The summed E-state index contributed by atoms with van der Waals surface area (Å²) in [5.74, 6) is 1.12. The minimum atomic E-state index is -0.842. The molecule has 2 aromatic carbocycles. The number of benzene rings is 2. The second-order valence-corrected chi connectivity index (χ2v) is 7.17. The summed E-state index contributed by atoms with van der Waals surface area (Å²) in [5, 5.41) is 17.8. The lowest BCUT2D eigenvalue weighted by molar-refractivity contribution is 0.00605. The molecule has 0 spiro atoms. The van der Waals surface area contributed by atoms with Gasteiger partial charge in [-0.15, -0.1) is 0 Å². The van der Waals surface area contributed by atoms with Gasteiger partial charge in [0.05, 0.1) is 5.60 Å². The van der Waals surface area contributed by atoms with Crippen molar-refractivity contribution in [2.75, 3.05) is 25.2 Å². The Morgan fingerprint density at radius 3 is 2.71 bits per heavy atom. The van der Waals surface area contributed by atoms with E-state index in [0.717, 1.165) is 24.0 Å². The Labute approximate surface area is 161 Å². The molecule has 5 rings (SSSR count). The van der Waals surface area contributed by atoms with E-state index < -0.39 is 5.60 Å². The van der Waals surface area contributed by atoms with Crippen molar-refractivity contribution in [3.8, 4) is 11.5 Å². The normalized spacial score (nSPS) is 17.6. The molecule has 7 heteroatoms. The van der Waals surface area contributed by atoms with Crippen molar-refractivity contribution in [1.29, 1.82) is 0 Å². The summed E-state index contributed by atoms with van der Waals surface area (Å²) >= 11 is 0. The zero-order chi connectivity index (χ0) is 19.1. The molecule has 3 heterocycles. The molecule has 0 radical (unpaired) electrons. The molecule has 7 nitrogen and oxygen atoms in total. The summed E-state index contributed by atoms with van der Waals surface area (Å²) in [6.45, 7) is 1.74. The van der Waals surface area contributed by atoms with Gasteiger partial charge in [-0.25, -0.2) is 0 Å². The van der Waals surface area contributed by atoms with Crippen LogP contribution in [-0.2, 0) is 5.60 Å². The SMILES string of the molecule is O=C(Nc1ccc2c(c1)OCO2)c1cc2cc(C3(O)CCNCC3)ccc2o1. The molecule has 1 amide bonds. The van der Waals surface area contributed by atoms with Gasteiger partial charge in [0.1, 0.15) is 5.58 Å². The van der Waals surface area contributed by atoms with Gasteiger partial charge >= 0.3 is 0 Å². The fourth-order valence-electron chi connectivity index (χ4n) is 3.74. The Kier molecular flexibility index (Phi) is 3.99. The third-order valence-electron chi connectivity index (χ3n) is 5.34. The van der Waals surface area contributed by atoms with E-state index in [1.807, 2.05) is 18.2 Å². The molecule has 0 unspecified atom stereocenters. The van der Waals surface area contributed by atoms with Gasteiger partial charge in [0.15, 0.2) is 17.3 Å². The van der Waals surface area contributed by atoms with Crippen LogP contribution in [0.3, 0.4) is 0 Å². The number of fused-ring (bicyclic) bond motifs is 2. The van der Waals surface area contributed by atoms with E-state index in [-0.39, 0.29) is 18.5 Å². The smallest absolute Gasteiger partial charge is 0.291 e. The van der Waals surface area contributed by atoms with E-state index in [1.54, 1.807) is 24.3 Å². The van der Waals surface area contributed by atoms with Crippen molar-refractivity contribution in [1.82, 2.24) is 5.32 Å². The van der Waals surface area contributed by atoms with E-state index in [4.69, 9.17) is 13.9 Å². The number of carbonyl (C=O) groups excluding carboxylic acids is 1. The van der Waals surface area contributed by atoms with E-state index >= 15 is 0 Å². The summed E-state index contributed by atoms with van der Waals surface area (Å²) in [4.78, 5) is 12.6. The second-order valence-electron chi connectivity index (χ2n) is 7.17. The molecular weight excluding hydrogens is 360 g/mol. The molecule has 1 fully saturated rings. The summed E-state index contributed by atoms with van der Waals surface area (Å²) < 4.78 is 16.3.